The van der Waals surface area contributed by atoms with Crippen LogP contribution in [0.1, 0.15) is 17.4 Å². The maximum atomic E-state index is 10.0. The smallest absolute Gasteiger partial charge is 0.0791 e. The minimum absolute atomic E-state index is 0.303. The van der Waals surface area contributed by atoms with Crippen molar-refractivity contribution in [2.45, 2.75) is 26.0 Å². The Morgan fingerprint density at radius 1 is 1.47 bits per heavy atom. The normalized spacial score (nSPS) is 18.6. The fourth-order valence-corrected chi connectivity index (χ4v) is 3.28. The first-order valence-electron chi connectivity index (χ1n) is 7.03. The highest BCUT2D eigenvalue weighted by Gasteiger charge is 2.14. The van der Waals surface area contributed by atoms with Gasteiger partial charge in [0.05, 0.1) is 19.3 Å². The first-order chi connectivity index (χ1) is 9.29. The van der Waals surface area contributed by atoms with Crippen molar-refractivity contribution < 1.29 is 9.84 Å². The number of thiophene rings is 1. The van der Waals surface area contributed by atoms with E-state index in [-0.39, 0.29) is 6.10 Å². The number of ether oxygens (including phenoxy) is 1. The van der Waals surface area contributed by atoms with E-state index in [9.17, 15) is 5.11 Å². The van der Waals surface area contributed by atoms with Gasteiger partial charge in [0.15, 0.2) is 0 Å². The van der Waals surface area contributed by atoms with Gasteiger partial charge < -0.3 is 15.2 Å². The topological polar surface area (TPSA) is 44.7 Å². The molecular weight excluding hydrogens is 260 g/mol. The Morgan fingerprint density at radius 3 is 3.00 bits per heavy atom. The van der Waals surface area contributed by atoms with Gasteiger partial charge in [0.2, 0.25) is 0 Å². The first kappa shape index (κ1) is 14.9. The number of nitrogens with one attached hydrogen (secondary N) is 1. The SMILES string of the molecule is CCc1ccsc1CNCC(O)CN1CCOCC1. The van der Waals surface area contributed by atoms with Gasteiger partial charge in [0.1, 0.15) is 0 Å². The predicted octanol–water partition coefficient (Wildman–Crippen LogP) is 1.09. The van der Waals surface area contributed by atoms with Crippen LogP contribution in [0.15, 0.2) is 11.4 Å². The molecule has 1 aromatic heterocycles. The van der Waals surface area contributed by atoms with Crippen molar-refractivity contribution in [2.24, 2.45) is 0 Å². The summed E-state index contributed by atoms with van der Waals surface area (Å²) >= 11 is 1.79. The molecule has 1 aromatic rings. The van der Waals surface area contributed by atoms with Gasteiger partial charge >= 0.3 is 0 Å². The van der Waals surface area contributed by atoms with Gasteiger partial charge in [-0.15, -0.1) is 11.3 Å². The highest BCUT2D eigenvalue weighted by atomic mass is 32.1. The number of nitrogens with zero attached hydrogens (tertiary/aromatic N) is 1. The molecule has 0 aliphatic carbocycles. The second-order valence-electron chi connectivity index (χ2n) is 4.92. The summed E-state index contributed by atoms with van der Waals surface area (Å²) in [6.45, 7) is 7.87. The van der Waals surface area contributed by atoms with Crippen LogP contribution in [-0.2, 0) is 17.7 Å². The minimum atomic E-state index is -0.303. The Hall–Kier alpha value is -0.460. The summed E-state index contributed by atoms with van der Waals surface area (Å²) in [7, 11) is 0. The lowest BCUT2D eigenvalue weighted by molar-refractivity contribution is 0.0149. The predicted molar refractivity (Wildman–Crippen MR) is 78.7 cm³/mol. The zero-order valence-corrected chi connectivity index (χ0v) is 12.4. The van der Waals surface area contributed by atoms with Crippen LogP contribution < -0.4 is 5.32 Å². The molecular formula is C14H24N2O2S. The van der Waals surface area contributed by atoms with Gasteiger partial charge in [-0.25, -0.2) is 0 Å². The van der Waals surface area contributed by atoms with E-state index in [0.717, 1.165) is 45.8 Å². The Labute approximate surface area is 119 Å². The van der Waals surface area contributed by atoms with Crippen LogP contribution >= 0.6 is 11.3 Å². The number of hydrogen-bond donors (Lipinski definition) is 2. The minimum Gasteiger partial charge on any atom is -0.390 e. The Bertz CT molecular complexity index is 364. The number of β-amino-alcohol motifs (C(OH)–C–C–N with tert-alkyl or cyclic N) is 1. The summed E-state index contributed by atoms with van der Waals surface area (Å²) in [5, 5.41) is 15.5. The van der Waals surface area contributed by atoms with Crippen molar-refractivity contribution in [3.63, 3.8) is 0 Å². The fourth-order valence-electron chi connectivity index (χ4n) is 2.34. The van der Waals surface area contributed by atoms with Crippen molar-refractivity contribution in [3.05, 3.63) is 21.9 Å². The standard InChI is InChI=1S/C14H24N2O2S/c1-2-12-3-8-19-14(12)10-15-9-13(17)11-16-4-6-18-7-5-16/h3,8,13,15,17H,2,4-7,9-11H2,1H3. The second-order valence-corrected chi connectivity index (χ2v) is 5.92. The molecule has 5 heteroatoms. The molecule has 0 aromatic carbocycles. The summed E-state index contributed by atoms with van der Waals surface area (Å²) < 4.78 is 5.30. The van der Waals surface area contributed by atoms with Crippen molar-refractivity contribution in [1.29, 1.82) is 0 Å². The van der Waals surface area contributed by atoms with E-state index < -0.39 is 0 Å². The number of hydrogen-bond acceptors (Lipinski definition) is 5. The molecule has 2 heterocycles. The summed E-state index contributed by atoms with van der Waals surface area (Å²) in [4.78, 5) is 3.65. The van der Waals surface area contributed by atoms with E-state index in [4.69, 9.17) is 4.74 Å². The van der Waals surface area contributed by atoms with E-state index in [1.54, 1.807) is 11.3 Å². The molecule has 1 unspecified atom stereocenters. The third-order valence-corrected chi connectivity index (χ3v) is 4.42. The zero-order chi connectivity index (χ0) is 13.5. The molecule has 1 saturated heterocycles. The van der Waals surface area contributed by atoms with Crippen molar-refractivity contribution in [3.8, 4) is 0 Å². The van der Waals surface area contributed by atoms with E-state index in [0.29, 0.717) is 6.54 Å². The number of aliphatic hydroxyl groups is 1. The molecule has 4 nitrogen and oxygen atoms in total. The lowest BCUT2D eigenvalue weighted by Crippen LogP contribution is -2.43. The van der Waals surface area contributed by atoms with E-state index in [1.165, 1.54) is 10.4 Å². The second kappa shape index (κ2) is 7.97. The van der Waals surface area contributed by atoms with E-state index in [2.05, 4.69) is 28.6 Å². The van der Waals surface area contributed by atoms with Gasteiger partial charge in [0.25, 0.3) is 0 Å². The maximum absolute atomic E-state index is 10.0. The quantitative estimate of drug-likeness (QED) is 0.787. The summed E-state index contributed by atoms with van der Waals surface area (Å²) in [5.74, 6) is 0. The van der Waals surface area contributed by atoms with Crippen LogP contribution in [0.3, 0.4) is 0 Å². The third kappa shape index (κ3) is 4.85. The zero-order valence-electron chi connectivity index (χ0n) is 11.6. The molecule has 108 valence electrons. The van der Waals surface area contributed by atoms with Crippen LogP contribution in [0.25, 0.3) is 0 Å². The van der Waals surface area contributed by atoms with Crippen LogP contribution in [0.4, 0.5) is 0 Å². The van der Waals surface area contributed by atoms with E-state index in [1.807, 2.05) is 0 Å². The van der Waals surface area contributed by atoms with Gasteiger partial charge in [-0.3, -0.25) is 4.90 Å². The number of rotatable bonds is 7. The van der Waals surface area contributed by atoms with Crippen molar-refractivity contribution in [1.82, 2.24) is 10.2 Å². The molecule has 0 radical (unpaired) electrons. The summed E-state index contributed by atoms with van der Waals surface area (Å²) in [5.41, 5.74) is 1.42. The number of aryl methyl sites for hydroxylation is 1. The fraction of sp³-hybridized carbons (Fsp3) is 0.714. The summed E-state index contributed by atoms with van der Waals surface area (Å²) in [6.07, 6.45) is 0.778. The largest absolute Gasteiger partial charge is 0.390 e. The van der Waals surface area contributed by atoms with Gasteiger partial charge in [-0.1, -0.05) is 6.92 Å². The molecule has 2 rings (SSSR count). The van der Waals surface area contributed by atoms with E-state index >= 15 is 0 Å². The average Bonchev–Trinajstić information content (AvgIpc) is 2.87. The van der Waals surface area contributed by atoms with Gasteiger partial charge in [-0.2, -0.15) is 0 Å². The molecule has 0 saturated carbocycles. The highest BCUT2D eigenvalue weighted by molar-refractivity contribution is 7.10. The number of aliphatic hydroxyl groups excluding tert-OH is 1. The van der Waals surface area contributed by atoms with Gasteiger partial charge in [-0.05, 0) is 23.4 Å². The molecule has 1 atom stereocenters. The molecule has 0 bridgehead atoms. The Balaban J connectivity index is 1.64. The maximum Gasteiger partial charge on any atom is 0.0791 e. The molecule has 1 aliphatic rings. The third-order valence-electron chi connectivity index (χ3n) is 3.46. The van der Waals surface area contributed by atoms with Crippen LogP contribution in [-0.4, -0.2) is 55.5 Å². The Kier molecular flexibility index (Phi) is 6.26. The number of morpholine rings is 1. The van der Waals surface area contributed by atoms with Crippen molar-refractivity contribution in [2.75, 3.05) is 39.4 Å². The Morgan fingerprint density at radius 2 is 2.26 bits per heavy atom. The first-order valence-corrected chi connectivity index (χ1v) is 7.91. The highest BCUT2D eigenvalue weighted by Crippen LogP contribution is 2.16. The molecule has 0 amide bonds. The molecule has 0 spiro atoms. The van der Waals surface area contributed by atoms with Crippen LogP contribution in [0.5, 0.6) is 0 Å². The lowest BCUT2D eigenvalue weighted by Gasteiger charge is -2.28. The molecule has 2 N–H and O–H groups in total. The average molecular weight is 284 g/mol. The summed E-state index contributed by atoms with van der Waals surface area (Å²) in [6, 6.07) is 2.19. The van der Waals surface area contributed by atoms with Crippen molar-refractivity contribution >= 4 is 11.3 Å². The van der Waals surface area contributed by atoms with Crippen LogP contribution in [0.2, 0.25) is 0 Å². The van der Waals surface area contributed by atoms with Gasteiger partial charge in [0, 0.05) is 37.6 Å². The molecule has 19 heavy (non-hydrogen) atoms. The molecule has 1 aliphatic heterocycles. The van der Waals surface area contributed by atoms with Crippen LogP contribution in [0, 0.1) is 0 Å². The monoisotopic (exact) mass is 284 g/mol. The molecule has 1 fully saturated rings. The lowest BCUT2D eigenvalue weighted by atomic mass is 10.2.